The number of rotatable bonds is 4. The maximum Gasteiger partial charge on any atom is 0.169 e. The molecule has 1 heterocycles. The van der Waals surface area contributed by atoms with Gasteiger partial charge in [-0.3, -0.25) is 0 Å². The van der Waals surface area contributed by atoms with E-state index in [1.165, 1.54) is 53.9 Å². The SMILES string of the molecule is Cc1ccc2c(c1)nc(SCc1ccccc1)n2C1CCCCC1. The molecular weight excluding hydrogens is 312 g/mol. The zero-order valence-corrected chi connectivity index (χ0v) is 15.1. The van der Waals surface area contributed by atoms with E-state index in [1.54, 1.807) is 0 Å². The number of aryl methyl sites for hydroxylation is 1. The smallest absolute Gasteiger partial charge is 0.169 e. The van der Waals surface area contributed by atoms with Gasteiger partial charge in [0.25, 0.3) is 0 Å². The number of benzene rings is 2. The Labute approximate surface area is 148 Å². The minimum Gasteiger partial charge on any atom is -0.316 e. The van der Waals surface area contributed by atoms with Gasteiger partial charge in [0.2, 0.25) is 0 Å². The molecule has 1 aromatic heterocycles. The molecule has 0 atom stereocenters. The summed E-state index contributed by atoms with van der Waals surface area (Å²) in [5.41, 5.74) is 5.11. The van der Waals surface area contributed by atoms with Gasteiger partial charge in [-0.05, 0) is 43.0 Å². The van der Waals surface area contributed by atoms with Gasteiger partial charge in [0.1, 0.15) is 0 Å². The van der Waals surface area contributed by atoms with Gasteiger partial charge in [0.05, 0.1) is 11.0 Å². The Morgan fingerprint density at radius 3 is 2.62 bits per heavy atom. The van der Waals surface area contributed by atoms with Crippen molar-refractivity contribution < 1.29 is 0 Å². The molecule has 3 aromatic rings. The van der Waals surface area contributed by atoms with Crippen LogP contribution in [0.25, 0.3) is 11.0 Å². The van der Waals surface area contributed by atoms with Crippen LogP contribution in [0, 0.1) is 6.92 Å². The van der Waals surface area contributed by atoms with Crippen LogP contribution in [0.2, 0.25) is 0 Å². The molecule has 4 rings (SSSR count). The first-order valence-corrected chi connectivity index (χ1v) is 9.95. The van der Waals surface area contributed by atoms with E-state index in [9.17, 15) is 0 Å². The Morgan fingerprint density at radius 1 is 1.04 bits per heavy atom. The summed E-state index contributed by atoms with van der Waals surface area (Å²) < 4.78 is 2.53. The molecule has 0 amide bonds. The Hall–Kier alpha value is -1.74. The highest BCUT2D eigenvalue weighted by Crippen LogP contribution is 2.36. The lowest BCUT2D eigenvalue weighted by Gasteiger charge is -2.25. The summed E-state index contributed by atoms with van der Waals surface area (Å²) in [6, 6.07) is 18.0. The van der Waals surface area contributed by atoms with Crippen LogP contribution in [-0.4, -0.2) is 9.55 Å². The number of aromatic nitrogens is 2. The van der Waals surface area contributed by atoms with E-state index < -0.39 is 0 Å². The predicted octanol–water partition coefficient (Wildman–Crippen LogP) is 6.14. The number of nitrogens with zero attached hydrogens (tertiary/aromatic N) is 2. The van der Waals surface area contributed by atoms with E-state index in [-0.39, 0.29) is 0 Å². The molecule has 1 saturated carbocycles. The van der Waals surface area contributed by atoms with Gasteiger partial charge in [-0.25, -0.2) is 4.98 Å². The van der Waals surface area contributed by atoms with Crippen molar-refractivity contribution in [3.05, 3.63) is 59.7 Å². The molecule has 0 spiro atoms. The fourth-order valence-corrected chi connectivity index (χ4v) is 4.74. The van der Waals surface area contributed by atoms with E-state index in [0.29, 0.717) is 6.04 Å². The minimum atomic E-state index is 0.615. The van der Waals surface area contributed by atoms with E-state index in [0.717, 1.165) is 11.3 Å². The Balaban J connectivity index is 1.69. The molecule has 0 radical (unpaired) electrons. The first-order chi connectivity index (χ1) is 11.8. The third-order valence-electron chi connectivity index (χ3n) is 4.96. The number of fused-ring (bicyclic) bond motifs is 1. The largest absolute Gasteiger partial charge is 0.316 e. The van der Waals surface area contributed by atoms with Gasteiger partial charge < -0.3 is 4.57 Å². The predicted molar refractivity (Wildman–Crippen MR) is 103 cm³/mol. The Morgan fingerprint density at radius 2 is 1.83 bits per heavy atom. The second-order valence-electron chi connectivity index (χ2n) is 6.82. The molecule has 24 heavy (non-hydrogen) atoms. The molecule has 2 nitrogen and oxygen atoms in total. The number of imidazole rings is 1. The van der Waals surface area contributed by atoms with Crippen molar-refractivity contribution in [1.29, 1.82) is 0 Å². The van der Waals surface area contributed by atoms with E-state index >= 15 is 0 Å². The lowest BCUT2D eigenvalue weighted by atomic mass is 9.95. The maximum atomic E-state index is 4.99. The van der Waals surface area contributed by atoms with Gasteiger partial charge in [-0.15, -0.1) is 0 Å². The zero-order valence-electron chi connectivity index (χ0n) is 14.2. The molecule has 0 saturated heterocycles. The van der Waals surface area contributed by atoms with Crippen molar-refractivity contribution in [2.45, 2.75) is 56.0 Å². The standard InChI is InChI=1S/C21H24N2S/c1-16-12-13-20-19(14-16)22-21(23(20)18-10-6-3-7-11-18)24-15-17-8-4-2-5-9-17/h2,4-5,8-9,12-14,18H,3,6-7,10-11,15H2,1H3. The van der Waals surface area contributed by atoms with Crippen LogP contribution in [-0.2, 0) is 5.75 Å². The maximum absolute atomic E-state index is 4.99. The van der Waals surface area contributed by atoms with Gasteiger partial charge in [0.15, 0.2) is 5.16 Å². The van der Waals surface area contributed by atoms with Crippen LogP contribution in [0.15, 0.2) is 53.7 Å². The van der Waals surface area contributed by atoms with Crippen molar-refractivity contribution in [1.82, 2.24) is 9.55 Å². The fraction of sp³-hybridized carbons (Fsp3) is 0.381. The lowest BCUT2D eigenvalue weighted by molar-refractivity contribution is 0.343. The first-order valence-electron chi connectivity index (χ1n) is 8.96. The van der Waals surface area contributed by atoms with Crippen molar-refractivity contribution in [2.75, 3.05) is 0 Å². The summed E-state index contributed by atoms with van der Waals surface area (Å²) in [7, 11) is 0. The monoisotopic (exact) mass is 336 g/mol. The molecule has 2 aromatic carbocycles. The molecule has 0 aliphatic heterocycles. The van der Waals surface area contributed by atoms with Crippen molar-refractivity contribution in [2.24, 2.45) is 0 Å². The second-order valence-corrected chi connectivity index (χ2v) is 7.77. The summed E-state index contributed by atoms with van der Waals surface area (Å²) in [5, 5.41) is 1.19. The van der Waals surface area contributed by atoms with Crippen molar-refractivity contribution >= 4 is 22.8 Å². The second kappa shape index (κ2) is 7.02. The average molecular weight is 337 g/mol. The van der Waals surface area contributed by atoms with Crippen LogP contribution >= 0.6 is 11.8 Å². The lowest BCUT2D eigenvalue weighted by Crippen LogP contribution is -2.13. The topological polar surface area (TPSA) is 17.8 Å². The van der Waals surface area contributed by atoms with Crippen LogP contribution in [0.3, 0.4) is 0 Å². The average Bonchev–Trinajstić information content (AvgIpc) is 2.99. The summed E-state index contributed by atoms with van der Waals surface area (Å²) in [4.78, 5) is 4.99. The number of thioether (sulfide) groups is 1. The van der Waals surface area contributed by atoms with Gasteiger partial charge in [-0.2, -0.15) is 0 Å². The van der Waals surface area contributed by atoms with Gasteiger partial charge >= 0.3 is 0 Å². The molecule has 0 unspecified atom stereocenters. The molecule has 124 valence electrons. The highest BCUT2D eigenvalue weighted by atomic mass is 32.2. The number of hydrogen-bond donors (Lipinski definition) is 0. The normalized spacial score (nSPS) is 15.9. The summed E-state index contributed by atoms with van der Waals surface area (Å²) in [5.74, 6) is 0.982. The van der Waals surface area contributed by atoms with E-state index in [4.69, 9.17) is 4.98 Å². The van der Waals surface area contributed by atoms with Crippen LogP contribution in [0.5, 0.6) is 0 Å². The van der Waals surface area contributed by atoms with Crippen molar-refractivity contribution in [3.63, 3.8) is 0 Å². The molecular formula is C21H24N2S. The molecule has 1 aliphatic rings. The third kappa shape index (κ3) is 3.23. The van der Waals surface area contributed by atoms with Crippen molar-refractivity contribution in [3.8, 4) is 0 Å². The summed E-state index contributed by atoms with van der Waals surface area (Å²) in [6.07, 6.45) is 6.66. The Bertz CT molecular complexity index is 816. The molecule has 0 N–H and O–H groups in total. The molecule has 1 fully saturated rings. The highest BCUT2D eigenvalue weighted by Gasteiger charge is 2.21. The number of hydrogen-bond acceptors (Lipinski definition) is 2. The Kier molecular flexibility index (Phi) is 4.61. The summed E-state index contributed by atoms with van der Waals surface area (Å²) in [6.45, 7) is 2.15. The van der Waals surface area contributed by atoms with Crippen LogP contribution in [0.4, 0.5) is 0 Å². The molecule has 0 bridgehead atoms. The first kappa shape index (κ1) is 15.8. The highest BCUT2D eigenvalue weighted by molar-refractivity contribution is 7.98. The third-order valence-corrected chi connectivity index (χ3v) is 5.99. The zero-order chi connectivity index (χ0) is 16.4. The fourth-order valence-electron chi connectivity index (χ4n) is 3.70. The van der Waals surface area contributed by atoms with E-state index in [2.05, 4.69) is 60.0 Å². The molecule has 1 aliphatic carbocycles. The quantitative estimate of drug-likeness (QED) is 0.532. The van der Waals surface area contributed by atoms with Gasteiger partial charge in [-0.1, -0.05) is 67.4 Å². The minimum absolute atomic E-state index is 0.615. The molecule has 3 heteroatoms. The summed E-state index contributed by atoms with van der Waals surface area (Å²) >= 11 is 1.88. The van der Waals surface area contributed by atoms with Gasteiger partial charge in [0, 0.05) is 11.8 Å². The van der Waals surface area contributed by atoms with Crippen LogP contribution < -0.4 is 0 Å². The van der Waals surface area contributed by atoms with Crippen LogP contribution in [0.1, 0.15) is 49.3 Å². The van der Waals surface area contributed by atoms with E-state index in [1.807, 2.05) is 11.8 Å².